The van der Waals surface area contributed by atoms with Crippen LogP contribution in [0.3, 0.4) is 0 Å². The van der Waals surface area contributed by atoms with Gasteiger partial charge >= 0.3 is 23.9 Å². The van der Waals surface area contributed by atoms with E-state index in [1.54, 1.807) is 0 Å². The van der Waals surface area contributed by atoms with Gasteiger partial charge in [0.1, 0.15) is 5.54 Å². The first kappa shape index (κ1) is 12.3. The molecule has 7 heteroatoms. The minimum Gasteiger partial charge on any atom is -0.393 e. The first-order valence-corrected chi connectivity index (χ1v) is 4.51. The van der Waals surface area contributed by atoms with Crippen LogP contribution in [0, 0.1) is 5.92 Å². The molecule has 1 aliphatic heterocycles. The Labute approximate surface area is 90.9 Å². The second-order valence-electron chi connectivity index (χ2n) is 3.71. The molecule has 88 valence electrons. The predicted molar refractivity (Wildman–Crippen MR) is 48.6 cm³/mol. The van der Waals surface area contributed by atoms with Crippen LogP contribution in [-0.4, -0.2) is 29.4 Å². The summed E-state index contributed by atoms with van der Waals surface area (Å²) in [7, 11) is 0. The molecule has 0 aromatic rings. The molecule has 7 nitrogen and oxygen atoms in total. The van der Waals surface area contributed by atoms with Gasteiger partial charge in [0.15, 0.2) is 0 Å². The fourth-order valence-electron chi connectivity index (χ4n) is 1.31. The summed E-state index contributed by atoms with van der Waals surface area (Å²) in [6, 6.07) is 0. The molecule has 1 saturated heterocycles. The Morgan fingerprint density at radius 1 is 1.50 bits per heavy atom. The molecule has 2 unspecified atom stereocenters. The second-order valence-corrected chi connectivity index (χ2v) is 3.71. The smallest absolute Gasteiger partial charge is 0.334 e. The highest BCUT2D eigenvalue weighted by molar-refractivity contribution is 6.01. The Bertz CT molecular complexity index is 372. The molecular weight excluding hydrogens is 218 g/mol. The zero-order valence-electron chi connectivity index (χ0n) is 8.81. The highest BCUT2D eigenvalue weighted by Crippen LogP contribution is 2.27. The molecule has 1 aliphatic rings. The molecule has 0 radical (unpaired) electrons. The van der Waals surface area contributed by atoms with Gasteiger partial charge in [0.2, 0.25) is 0 Å². The van der Waals surface area contributed by atoms with Crippen LogP contribution in [0.5, 0.6) is 0 Å². The number of hydrogen-bond donors (Lipinski definition) is 1. The lowest BCUT2D eigenvalue weighted by Crippen LogP contribution is -2.54. The number of carbonyl (C=O) groups is 4. The van der Waals surface area contributed by atoms with Crippen LogP contribution < -0.4 is 5.73 Å². The molecule has 0 amide bonds. The average molecular weight is 229 g/mol. The minimum atomic E-state index is -1.76. The van der Waals surface area contributed by atoms with Crippen molar-refractivity contribution >= 4 is 23.9 Å². The van der Waals surface area contributed by atoms with Crippen LogP contribution in [0.25, 0.3) is 0 Å². The summed E-state index contributed by atoms with van der Waals surface area (Å²) in [6.45, 7) is 2.24. The molecule has 0 bridgehead atoms. The summed E-state index contributed by atoms with van der Waals surface area (Å²) < 4.78 is 8.55. The lowest BCUT2D eigenvalue weighted by Gasteiger charge is -2.24. The zero-order valence-corrected chi connectivity index (χ0v) is 8.81. The van der Waals surface area contributed by atoms with Crippen molar-refractivity contribution in [3.05, 3.63) is 0 Å². The molecule has 0 spiro atoms. The van der Waals surface area contributed by atoms with Gasteiger partial charge in [-0.2, -0.15) is 0 Å². The summed E-state index contributed by atoms with van der Waals surface area (Å²) in [5, 5.41) is 0. The molecule has 0 saturated carbocycles. The van der Waals surface area contributed by atoms with E-state index in [2.05, 4.69) is 9.47 Å². The van der Waals surface area contributed by atoms with Gasteiger partial charge in [-0.15, -0.1) is 0 Å². The summed E-state index contributed by atoms with van der Waals surface area (Å²) in [6.07, 6.45) is -0.293. The Balaban J connectivity index is 2.84. The molecule has 0 aromatic carbocycles. The highest BCUT2D eigenvalue weighted by Gasteiger charge is 2.50. The van der Waals surface area contributed by atoms with Gasteiger partial charge in [0.05, 0.1) is 12.3 Å². The summed E-state index contributed by atoms with van der Waals surface area (Å²) in [4.78, 5) is 44.1. The molecule has 0 aromatic heterocycles. The van der Waals surface area contributed by atoms with E-state index in [-0.39, 0.29) is 6.42 Å². The fourth-order valence-corrected chi connectivity index (χ4v) is 1.31. The number of esters is 4. The molecule has 1 fully saturated rings. The quantitative estimate of drug-likeness (QED) is 0.471. The van der Waals surface area contributed by atoms with Gasteiger partial charge < -0.3 is 15.2 Å². The van der Waals surface area contributed by atoms with Crippen molar-refractivity contribution in [2.75, 3.05) is 0 Å². The second kappa shape index (κ2) is 4.01. The number of hydrogen-bond acceptors (Lipinski definition) is 7. The minimum absolute atomic E-state index is 0.293. The van der Waals surface area contributed by atoms with Gasteiger partial charge in [0.25, 0.3) is 0 Å². The maximum Gasteiger partial charge on any atom is 0.334 e. The summed E-state index contributed by atoms with van der Waals surface area (Å²) in [5.74, 6) is -4.64. The van der Waals surface area contributed by atoms with E-state index in [9.17, 15) is 19.2 Å². The number of nitrogens with two attached hydrogens (primary N) is 1. The van der Waals surface area contributed by atoms with Crippen molar-refractivity contribution in [3.63, 3.8) is 0 Å². The first-order chi connectivity index (χ1) is 7.25. The van der Waals surface area contributed by atoms with Crippen molar-refractivity contribution in [1.82, 2.24) is 0 Å². The molecule has 0 aliphatic carbocycles. The van der Waals surface area contributed by atoms with Crippen LogP contribution in [0.1, 0.15) is 20.3 Å². The third kappa shape index (κ3) is 2.25. The van der Waals surface area contributed by atoms with Crippen LogP contribution >= 0.6 is 0 Å². The maximum absolute atomic E-state index is 11.4. The SMILES string of the molecule is CC(=O)OC(=O)C(C)(N)C1CC(=O)OC1=O. The van der Waals surface area contributed by atoms with Gasteiger partial charge in [0, 0.05) is 6.92 Å². The molecule has 2 N–H and O–H groups in total. The zero-order chi connectivity index (χ0) is 12.5. The summed E-state index contributed by atoms with van der Waals surface area (Å²) in [5.41, 5.74) is 3.83. The largest absolute Gasteiger partial charge is 0.393 e. The van der Waals surface area contributed by atoms with Crippen molar-refractivity contribution in [3.8, 4) is 0 Å². The third-order valence-corrected chi connectivity index (χ3v) is 2.27. The molecule has 1 rings (SSSR count). The molecule has 2 atom stereocenters. The van der Waals surface area contributed by atoms with Gasteiger partial charge in [-0.25, -0.2) is 4.79 Å². The highest BCUT2D eigenvalue weighted by atomic mass is 16.6. The Morgan fingerprint density at radius 3 is 2.44 bits per heavy atom. The van der Waals surface area contributed by atoms with Crippen molar-refractivity contribution in [1.29, 1.82) is 0 Å². The number of ether oxygens (including phenoxy) is 2. The average Bonchev–Trinajstić information content (AvgIpc) is 2.44. The molecular formula is C9H11NO6. The molecule has 16 heavy (non-hydrogen) atoms. The van der Waals surface area contributed by atoms with E-state index >= 15 is 0 Å². The van der Waals surface area contributed by atoms with Crippen molar-refractivity contribution < 1.29 is 28.7 Å². The lowest BCUT2D eigenvalue weighted by atomic mass is 9.85. The monoisotopic (exact) mass is 229 g/mol. The van der Waals surface area contributed by atoms with Gasteiger partial charge in [-0.1, -0.05) is 0 Å². The topological polar surface area (TPSA) is 113 Å². The summed E-state index contributed by atoms with van der Waals surface area (Å²) >= 11 is 0. The Morgan fingerprint density at radius 2 is 2.06 bits per heavy atom. The van der Waals surface area contributed by atoms with Crippen LogP contribution in [0.4, 0.5) is 0 Å². The number of cyclic esters (lactones) is 2. The van der Waals surface area contributed by atoms with E-state index in [4.69, 9.17) is 5.73 Å². The number of carbonyl (C=O) groups excluding carboxylic acids is 4. The first-order valence-electron chi connectivity index (χ1n) is 4.51. The standard InChI is InChI=1S/C9H11NO6/c1-4(11)15-8(14)9(2,10)5-3-6(12)16-7(5)13/h5H,3,10H2,1-2H3. The van der Waals surface area contributed by atoms with Crippen LogP contribution in [0.2, 0.25) is 0 Å². The van der Waals surface area contributed by atoms with Crippen LogP contribution in [-0.2, 0) is 28.7 Å². The van der Waals surface area contributed by atoms with Crippen molar-refractivity contribution in [2.45, 2.75) is 25.8 Å². The van der Waals surface area contributed by atoms with Crippen molar-refractivity contribution in [2.24, 2.45) is 11.7 Å². The normalized spacial score (nSPS) is 23.6. The van der Waals surface area contributed by atoms with E-state index in [1.807, 2.05) is 0 Å². The molecule has 1 heterocycles. The maximum atomic E-state index is 11.4. The van der Waals surface area contributed by atoms with E-state index in [0.717, 1.165) is 6.92 Å². The van der Waals surface area contributed by atoms with E-state index < -0.39 is 35.3 Å². The lowest BCUT2D eigenvalue weighted by molar-refractivity contribution is -0.166. The van der Waals surface area contributed by atoms with E-state index in [1.165, 1.54) is 6.92 Å². The predicted octanol–water partition coefficient (Wildman–Crippen LogP) is -1.12. The van der Waals surface area contributed by atoms with Crippen LogP contribution in [0.15, 0.2) is 0 Å². The Hall–Kier alpha value is -1.76. The van der Waals surface area contributed by atoms with Gasteiger partial charge in [-0.3, -0.25) is 14.4 Å². The van der Waals surface area contributed by atoms with Gasteiger partial charge in [-0.05, 0) is 6.92 Å². The number of rotatable bonds is 2. The third-order valence-electron chi connectivity index (χ3n) is 2.27. The fraction of sp³-hybridized carbons (Fsp3) is 0.556. The Kier molecular flexibility index (Phi) is 3.09. The van der Waals surface area contributed by atoms with E-state index in [0.29, 0.717) is 0 Å².